The van der Waals surface area contributed by atoms with Gasteiger partial charge in [0.25, 0.3) is 10.1 Å². The highest BCUT2D eigenvalue weighted by atomic mass is 32.2. The minimum atomic E-state index is -4.61. The minimum Gasteiger partial charge on any atom is -0.462 e. The van der Waals surface area contributed by atoms with Crippen LogP contribution in [0.3, 0.4) is 0 Å². The standard InChI is InChI=1S/C46H78O12S/c1-3-5-7-9-11-13-15-17-18-19-20-21-23-24-26-28-30-32-34-41(47)55-36-39(37-56-46-45(51)44(50)43(49)40(58-46)38-59(52,53)54)57-42(48)35-33-31-29-27-25-22-16-14-12-10-8-6-4-2/h6,8,12-15,18-19,22,25,39-40,43-46,49-51H,3-5,7,9-11,16-17,20-21,23-24,26-38H2,1-2H3,(H,52,53,54)/b8-6-,14-12-,15-13-,19-18-,25-22-. The van der Waals surface area contributed by atoms with Gasteiger partial charge in [-0.25, -0.2) is 0 Å². The molecular weight excluding hydrogens is 777 g/mol. The van der Waals surface area contributed by atoms with E-state index in [1.54, 1.807) is 0 Å². The fourth-order valence-corrected chi connectivity index (χ4v) is 7.06. The highest BCUT2D eigenvalue weighted by Crippen LogP contribution is 2.24. The summed E-state index contributed by atoms with van der Waals surface area (Å²) < 4.78 is 54.0. The van der Waals surface area contributed by atoms with Gasteiger partial charge in [0.2, 0.25) is 0 Å². The van der Waals surface area contributed by atoms with Crippen LogP contribution in [0.1, 0.15) is 162 Å². The van der Waals surface area contributed by atoms with E-state index in [2.05, 4.69) is 74.6 Å². The summed E-state index contributed by atoms with van der Waals surface area (Å²) >= 11 is 0. The molecule has 6 unspecified atom stereocenters. The maximum Gasteiger partial charge on any atom is 0.306 e. The van der Waals surface area contributed by atoms with Crippen molar-refractivity contribution in [3.05, 3.63) is 60.8 Å². The van der Waals surface area contributed by atoms with E-state index in [-0.39, 0.29) is 19.4 Å². The molecule has 1 aliphatic heterocycles. The molecule has 0 aromatic carbocycles. The largest absolute Gasteiger partial charge is 0.462 e. The molecule has 0 aliphatic carbocycles. The van der Waals surface area contributed by atoms with Gasteiger partial charge in [-0.3, -0.25) is 14.1 Å². The van der Waals surface area contributed by atoms with Crippen molar-refractivity contribution in [3.63, 3.8) is 0 Å². The van der Waals surface area contributed by atoms with Gasteiger partial charge in [0.15, 0.2) is 12.4 Å². The Labute approximate surface area is 355 Å². The zero-order chi connectivity index (χ0) is 43.4. The van der Waals surface area contributed by atoms with Crippen LogP contribution in [-0.2, 0) is 38.7 Å². The van der Waals surface area contributed by atoms with Crippen LogP contribution in [0.5, 0.6) is 0 Å². The number of aliphatic hydroxyl groups excluding tert-OH is 3. The number of allylic oxidation sites excluding steroid dienone is 10. The molecule has 1 saturated heterocycles. The van der Waals surface area contributed by atoms with Crippen molar-refractivity contribution >= 4 is 22.1 Å². The summed E-state index contributed by atoms with van der Waals surface area (Å²) in [5.41, 5.74) is 0. The number of ether oxygens (including phenoxy) is 4. The third-order valence-electron chi connectivity index (χ3n) is 9.83. The second-order valence-corrected chi connectivity index (χ2v) is 16.8. The van der Waals surface area contributed by atoms with Crippen molar-refractivity contribution < 1.29 is 56.8 Å². The van der Waals surface area contributed by atoms with E-state index in [0.29, 0.717) is 12.8 Å². The number of carbonyl (C=O) groups excluding carboxylic acids is 2. The molecule has 0 radical (unpaired) electrons. The molecule has 0 aromatic heterocycles. The van der Waals surface area contributed by atoms with E-state index < -0.39 is 71.2 Å². The molecule has 0 saturated carbocycles. The average Bonchev–Trinajstić information content (AvgIpc) is 3.20. The van der Waals surface area contributed by atoms with Gasteiger partial charge in [0, 0.05) is 12.8 Å². The molecule has 1 heterocycles. The van der Waals surface area contributed by atoms with Crippen molar-refractivity contribution in [3.8, 4) is 0 Å². The SMILES string of the molecule is CC/C=C\C/C=C\C/C=C\CCCCCC(=O)OC(COC(=O)CCCCCCCCC/C=C\C/C=C\CCCCCC)COC1OC(CS(=O)(=O)O)C(O)C(O)C1O. The molecule has 1 fully saturated rings. The van der Waals surface area contributed by atoms with Crippen molar-refractivity contribution in [1.29, 1.82) is 0 Å². The molecule has 12 nitrogen and oxygen atoms in total. The van der Waals surface area contributed by atoms with Crippen LogP contribution in [0.2, 0.25) is 0 Å². The lowest BCUT2D eigenvalue weighted by Gasteiger charge is -2.40. The number of aliphatic hydroxyl groups is 3. The average molecular weight is 855 g/mol. The third kappa shape index (κ3) is 30.9. The molecule has 6 atom stereocenters. The maximum absolute atomic E-state index is 12.8. The zero-order valence-corrected chi connectivity index (χ0v) is 36.9. The van der Waals surface area contributed by atoms with Gasteiger partial charge >= 0.3 is 11.9 Å². The first-order valence-electron chi connectivity index (χ1n) is 22.3. The van der Waals surface area contributed by atoms with E-state index in [1.165, 1.54) is 44.9 Å². The molecule has 0 spiro atoms. The van der Waals surface area contributed by atoms with Crippen molar-refractivity contribution in [1.82, 2.24) is 0 Å². The van der Waals surface area contributed by atoms with Gasteiger partial charge in [-0.15, -0.1) is 0 Å². The Bertz CT molecular complexity index is 1320. The number of hydrogen-bond acceptors (Lipinski definition) is 11. The van der Waals surface area contributed by atoms with Crippen molar-refractivity contribution in [2.24, 2.45) is 0 Å². The number of carbonyl (C=O) groups is 2. The molecule has 0 amide bonds. The molecule has 13 heteroatoms. The Hall–Kier alpha value is -2.65. The lowest BCUT2D eigenvalue weighted by Crippen LogP contribution is -2.60. The van der Waals surface area contributed by atoms with E-state index in [1.807, 2.05) is 0 Å². The van der Waals surface area contributed by atoms with Crippen LogP contribution in [0.4, 0.5) is 0 Å². The minimum absolute atomic E-state index is 0.125. The first-order chi connectivity index (χ1) is 28.5. The molecule has 4 N–H and O–H groups in total. The third-order valence-corrected chi connectivity index (χ3v) is 10.6. The molecule has 59 heavy (non-hydrogen) atoms. The number of esters is 2. The van der Waals surface area contributed by atoms with E-state index >= 15 is 0 Å². The van der Waals surface area contributed by atoms with Gasteiger partial charge in [-0.2, -0.15) is 8.42 Å². The normalized spacial score (nSPS) is 20.8. The summed E-state index contributed by atoms with van der Waals surface area (Å²) in [6.45, 7) is 3.58. The molecule has 340 valence electrons. The summed E-state index contributed by atoms with van der Waals surface area (Å²) in [5.74, 6) is -2.04. The van der Waals surface area contributed by atoms with Crippen molar-refractivity contribution in [2.75, 3.05) is 19.0 Å². The number of rotatable bonds is 36. The van der Waals surface area contributed by atoms with Gasteiger partial charge < -0.3 is 34.3 Å². The topological polar surface area (TPSA) is 186 Å². The second-order valence-electron chi connectivity index (χ2n) is 15.3. The Morgan fingerprint density at radius 2 is 1.07 bits per heavy atom. The summed E-state index contributed by atoms with van der Waals surface area (Å²) in [6.07, 6.45) is 34.1. The Kier molecular flexibility index (Phi) is 33.2. The van der Waals surface area contributed by atoms with Gasteiger partial charge in [0.1, 0.15) is 36.8 Å². The molecular formula is C46H78O12S. The van der Waals surface area contributed by atoms with Crippen LogP contribution in [0.25, 0.3) is 0 Å². The van der Waals surface area contributed by atoms with Gasteiger partial charge in [-0.1, -0.05) is 132 Å². The Morgan fingerprint density at radius 3 is 1.61 bits per heavy atom. The maximum atomic E-state index is 12.8. The first kappa shape index (κ1) is 54.4. The second kappa shape index (κ2) is 36.0. The summed E-state index contributed by atoms with van der Waals surface area (Å²) in [6, 6.07) is 0. The highest BCUT2D eigenvalue weighted by Gasteiger charge is 2.46. The monoisotopic (exact) mass is 855 g/mol. The smallest absolute Gasteiger partial charge is 0.306 e. The number of hydrogen-bond donors (Lipinski definition) is 4. The summed E-state index contributed by atoms with van der Waals surface area (Å²) in [7, 11) is -4.61. The van der Waals surface area contributed by atoms with E-state index in [4.69, 9.17) is 18.9 Å². The van der Waals surface area contributed by atoms with Gasteiger partial charge in [-0.05, 0) is 77.0 Å². The highest BCUT2D eigenvalue weighted by molar-refractivity contribution is 7.85. The van der Waals surface area contributed by atoms with E-state index in [0.717, 1.165) is 77.0 Å². The fraction of sp³-hybridized carbons (Fsp3) is 0.739. The molecule has 0 bridgehead atoms. The molecule has 1 aliphatic rings. The molecule has 1 rings (SSSR count). The van der Waals surface area contributed by atoms with E-state index in [9.17, 15) is 37.9 Å². The Morgan fingerprint density at radius 1 is 0.593 bits per heavy atom. The quantitative estimate of drug-likeness (QED) is 0.0203. The summed E-state index contributed by atoms with van der Waals surface area (Å²) in [4.78, 5) is 25.4. The molecule has 0 aromatic rings. The van der Waals surface area contributed by atoms with Crippen molar-refractivity contribution in [2.45, 2.75) is 198 Å². The number of unbranched alkanes of at least 4 members (excludes halogenated alkanes) is 14. The van der Waals surface area contributed by atoms with Crippen LogP contribution < -0.4 is 0 Å². The lowest BCUT2D eigenvalue weighted by atomic mass is 10.00. The predicted molar refractivity (Wildman–Crippen MR) is 233 cm³/mol. The predicted octanol–water partition coefficient (Wildman–Crippen LogP) is 8.95. The van der Waals surface area contributed by atoms with Gasteiger partial charge in [0.05, 0.1) is 6.61 Å². The zero-order valence-electron chi connectivity index (χ0n) is 36.1. The van der Waals surface area contributed by atoms with Crippen LogP contribution in [0, 0.1) is 0 Å². The summed E-state index contributed by atoms with van der Waals surface area (Å²) in [5, 5.41) is 30.8. The lowest BCUT2D eigenvalue weighted by molar-refractivity contribution is -0.297. The Balaban J connectivity index is 2.46. The van der Waals surface area contributed by atoms with Crippen LogP contribution in [0.15, 0.2) is 60.8 Å². The van der Waals surface area contributed by atoms with Crippen LogP contribution in [-0.4, -0.2) is 96.0 Å². The fourth-order valence-electron chi connectivity index (χ4n) is 6.37. The van der Waals surface area contributed by atoms with Crippen LogP contribution >= 0.6 is 0 Å². The first-order valence-corrected chi connectivity index (χ1v) is 24.0.